The van der Waals surface area contributed by atoms with E-state index in [0.717, 1.165) is 12.1 Å². The fourth-order valence-corrected chi connectivity index (χ4v) is 1.87. The summed E-state index contributed by atoms with van der Waals surface area (Å²) in [5.74, 6) is 0. The third kappa shape index (κ3) is 6.11. The second-order valence-electron chi connectivity index (χ2n) is 4.08. The third-order valence-corrected chi connectivity index (χ3v) is 3.20. The average Bonchev–Trinajstić information content (AvgIpc) is 2.38. The molecule has 0 saturated carbocycles. The van der Waals surface area contributed by atoms with Gasteiger partial charge in [0, 0.05) is 30.4 Å². The first-order chi connectivity index (χ1) is 9.45. The van der Waals surface area contributed by atoms with Crippen molar-refractivity contribution >= 4 is 21.6 Å². The van der Waals surface area contributed by atoms with Gasteiger partial charge in [0.2, 0.25) is 0 Å². The molecule has 0 heterocycles. The SMILES string of the molecule is COCCOCCCNc1cc(C(F)(F)F)ccc1Br. The molecule has 0 fully saturated rings. The highest BCUT2D eigenvalue weighted by Crippen LogP contribution is 2.33. The smallest absolute Gasteiger partial charge is 0.384 e. The largest absolute Gasteiger partial charge is 0.416 e. The number of hydrogen-bond donors (Lipinski definition) is 1. The molecule has 0 atom stereocenters. The molecule has 0 aliphatic rings. The van der Waals surface area contributed by atoms with Gasteiger partial charge in [-0.3, -0.25) is 0 Å². The summed E-state index contributed by atoms with van der Waals surface area (Å²) in [5.41, 5.74) is -0.240. The van der Waals surface area contributed by atoms with E-state index < -0.39 is 11.7 Å². The summed E-state index contributed by atoms with van der Waals surface area (Å²) in [7, 11) is 1.59. The first-order valence-electron chi connectivity index (χ1n) is 6.12. The normalized spacial score (nSPS) is 11.7. The molecule has 0 amide bonds. The molecule has 1 rings (SSSR count). The number of ether oxygens (including phenoxy) is 2. The Morgan fingerprint density at radius 1 is 1.20 bits per heavy atom. The molecule has 3 nitrogen and oxygen atoms in total. The minimum absolute atomic E-state index is 0.428. The summed E-state index contributed by atoms with van der Waals surface area (Å²) in [6.45, 7) is 2.12. The van der Waals surface area contributed by atoms with Crippen LogP contribution in [0.2, 0.25) is 0 Å². The van der Waals surface area contributed by atoms with Crippen LogP contribution in [-0.4, -0.2) is 33.5 Å². The molecule has 1 aromatic carbocycles. The molecule has 0 radical (unpaired) electrons. The Morgan fingerprint density at radius 2 is 1.95 bits per heavy atom. The lowest BCUT2D eigenvalue weighted by atomic mass is 10.2. The number of hydrogen-bond acceptors (Lipinski definition) is 3. The zero-order chi connectivity index (χ0) is 15.0. The Kier molecular flexibility index (Phi) is 7.32. The van der Waals surface area contributed by atoms with Crippen LogP contribution >= 0.6 is 15.9 Å². The van der Waals surface area contributed by atoms with Crippen molar-refractivity contribution in [2.24, 2.45) is 0 Å². The van der Waals surface area contributed by atoms with Gasteiger partial charge < -0.3 is 14.8 Å². The quantitative estimate of drug-likeness (QED) is 0.716. The lowest BCUT2D eigenvalue weighted by molar-refractivity contribution is -0.137. The van der Waals surface area contributed by atoms with E-state index in [1.54, 1.807) is 7.11 Å². The standard InChI is InChI=1S/C13H17BrF3NO2/c1-19-7-8-20-6-2-5-18-12-9-10(13(15,16)17)3-4-11(12)14/h3-4,9,18H,2,5-8H2,1H3. The zero-order valence-corrected chi connectivity index (χ0v) is 12.7. The molecule has 1 aromatic rings. The van der Waals surface area contributed by atoms with Gasteiger partial charge in [0.15, 0.2) is 0 Å². The predicted octanol–water partition coefficient (Wildman–Crippen LogP) is 3.93. The van der Waals surface area contributed by atoms with Crippen molar-refractivity contribution in [2.75, 3.05) is 38.8 Å². The van der Waals surface area contributed by atoms with E-state index in [0.29, 0.717) is 42.9 Å². The number of alkyl halides is 3. The lowest BCUT2D eigenvalue weighted by Crippen LogP contribution is -2.10. The van der Waals surface area contributed by atoms with Crippen LogP contribution in [-0.2, 0) is 15.7 Å². The topological polar surface area (TPSA) is 30.5 Å². The monoisotopic (exact) mass is 355 g/mol. The van der Waals surface area contributed by atoms with Crippen molar-refractivity contribution in [2.45, 2.75) is 12.6 Å². The molecule has 0 saturated heterocycles. The van der Waals surface area contributed by atoms with Crippen LogP contribution in [0.4, 0.5) is 18.9 Å². The average molecular weight is 356 g/mol. The van der Waals surface area contributed by atoms with Gasteiger partial charge in [-0.05, 0) is 40.5 Å². The summed E-state index contributed by atoms with van der Waals surface area (Å²) in [6.07, 6.45) is -3.63. The third-order valence-electron chi connectivity index (χ3n) is 2.51. The summed E-state index contributed by atoms with van der Waals surface area (Å²) in [4.78, 5) is 0. The van der Waals surface area contributed by atoms with E-state index in [2.05, 4.69) is 21.2 Å². The maximum atomic E-state index is 12.6. The van der Waals surface area contributed by atoms with Gasteiger partial charge in [0.25, 0.3) is 0 Å². The molecule has 20 heavy (non-hydrogen) atoms. The Labute approximate surface area is 124 Å². The maximum absolute atomic E-state index is 12.6. The van der Waals surface area contributed by atoms with Crippen molar-refractivity contribution in [1.82, 2.24) is 0 Å². The molecule has 0 aliphatic carbocycles. The van der Waals surface area contributed by atoms with Crippen LogP contribution in [0.15, 0.2) is 22.7 Å². The van der Waals surface area contributed by atoms with Gasteiger partial charge in [-0.1, -0.05) is 0 Å². The fraction of sp³-hybridized carbons (Fsp3) is 0.538. The Bertz CT molecular complexity index is 413. The number of rotatable bonds is 8. The molecule has 0 spiro atoms. The van der Waals surface area contributed by atoms with Gasteiger partial charge >= 0.3 is 6.18 Å². The molecule has 0 unspecified atom stereocenters. The van der Waals surface area contributed by atoms with Crippen LogP contribution in [0.25, 0.3) is 0 Å². The van der Waals surface area contributed by atoms with Crippen molar-refractivity contribution < 1.29 is 22.6 Å². The highest BCUT2D eigenvalue weighted by atomic mass is 79.9. The van der Waals surface area contributed by atoms with Crippen LogP contribution in [0.1, 0.15) is 12.0 Å². The highest BCUT2D eigenvalue weighted by Gasteiger charge is 2.30. The van der Waals surface area contributed by atoms with Crippen LogP contribution in [0.5, 0.6) is 0 Å². The van der Waals surface area contributed by atoms with E-state index in [4.69, 9.17) is 9.47 Å². The maximum Gasteiger partial charge on any atom is 0.416 e. The van der Waals surface area contributed by atoms with Crippen LogP contribution < -0.4 is 5.32 Å². The van der Waals surface area contributed by atoms with E-state index in [-0.39, 0.29) is 0 Å². The van der Waals surface area contributed by atoms with Crippen LogP contribution in [0.3, 0.4) is 0 Å². The molecular weight excluding hydrogens is 339 g/mol. The van der Waals surface area contributed by atoms with Gasteiger partial charge in [-0.25, -0.2) is 0 Å². The molecule has 0 aliphatic heterocycles. The number of nitrogens with one attached hydrogen (secondary N) is 1. The van der Waals surface area contributed by atoms with Crippen molar-refractivity contribution in [3.8, 4) is 0 Å². The van der Waals surface area contributed by atoms with Gasteiger partial charge in [0.1, 0.15) is 0 Å². The highest BCUT2D eigenvalue weighted by molar-refractivity contribution is 9.10. The summed E-state index contributed by atoms with van der Waals surface area (Å²) in [5, 5.41) is 2.96. The van der Waals surface area contributed by atoms with Crippen molar-refractivity contribution in [3.05, 3.63) is 28.2 Å². The fourth-order valence-electron chi connectivity index (χ4n) is 1.48. The van der Waals surface area contributed by atoms with E-state index in [1.807, 2.05) is 0 Å². The Balaban J connectivity index is 2.40. The molecular formula is C13H17BrF3NO2. The van der Waals surface area contributed by atoms with Crippen molar-refractivity contribution in [3.63, 3.8) is 0 Å². The Morgan fingerprint density at radius 3 is 2.60 bits per heavy atom. The van der Waals surface area contributed by atoms with Gasteiger partial charge in [-0.2, -0.15) is 13.2 Å². The molecule has 0 aromatic heterocycles. The molecule has 1 N–H and O–H groups in total. The molecule has 114 valence electrons. The summed E-state index contributed by atoms with van der Waals surface area (Å²) >= 11 is 3.22. The first-order valence-corrected chi connectivity index (χ1v) is 6.91. The second kappa shape index (κ2) is 8.49. The number of methoxy groups -OCH3 is 1. The molecule has 0 bridgehead atoms. The van der Waals surface area contributed by atoms with E-state index in [9.17, 15) is 13.2 Å². The lowest BCUT2D eigenvalue weighted by Gasteiger charge is -2.12. The van der Waals surface area contributed by atoms with E-state index in [1.165, 1.54) is 6.07 Å². The number of halogens is 4. The predicted molar refractivity (Wildman–Crippen MR) is 74.9 cm³/mol. The zero-order valence-electron chi connectivity index (χ0n) is 11.1. The summed E-state index contributed by atoms with van der Waals surface area (Å²) < 4.78 is 48.4. The first kappa shape index (κ1) is 17.3. The van der Waals surface area contributed by atoms with E-state index >= 15 is 0 Å². The minimum Gasteiger partial charge on any atom is -0.384 e. The second-order valence-corrected chi connectivity index (χ2v) is 4.93. The Hall–Kier alpha value is -0.790. The van der Waals surface area contributed by atoms with Gasteiger partial charge in [-0.15, -0.1) is 0 Å². The van der Waals surface area contributed by atoms with Crippen molar-refractivity contribution in [1.29, 1.82) is 0 Å². The number of benzene rings is 1. The minimum atomic E-state index is -4.33. The number of anilines is 1. The summed E-state index contributed by atoms with van der Waals surface area (Å²) in [6, 6.07) is 3.53. The molecule has 7 heteroatoms. The van der Waals surface area contributed by atoms with Crippen LogP contribution in [0, 0.1) is 0 Å². The van der Waals surface area contributed by atoms with Gasteiger partial charge in [0.05, 0.1) is 18.8 Å².